The van der Waals surface area contributed by atoms with Crippen molar-refractivity contribution in [1.82, 2.24) is 4.90 Å². The summed E-state index contributed by atoms with van der Waals surface area (Å²) in [4.78, 5) is 28.7. The number of aliphatic hydroxyl groups is 3. The predicted octanol–water partition coefficient (Wildman–Crippen LogP) is 1.76. The molecule has 14 nitrogen and oxygen atoms in total. The van der Waals surface area contributed by atoms with Gasteiger partial charge >= 0.3 is 5.97 Å². The van der Waals surface area contributed by atoms with Crippen molar-refractivity contribution in [2.75, 3.05) is 34.9 Å². The van der Waals surface area contributed by atoms with Crippen molar-refractivity contribution in [3.63, 3.8) is 0 Å². The highest BCUT2D eigenvalue weighted by molar-refractivity contribution is 5.91. The van der Waals surface area contributed by atoms with Gasteiger partial charge in [0.15, 0.2) is 24.0 Å². The molecule has 0 radical (unpaired) electrons. The van der Waals surface area contributed by atoms with Crippen molar-refractivity contribution in [2.24, 2.45) is 17.8 Å². The lowest BCUT2D eigenvalue weighted by Gasteiger charge is -2.43. The Hall–Kier alpha value is -1.82. The zero-order valence-electron chi connectivity index (χ0n) is 31.7. The van der Waals surface area contributed by atoms with E-state index in [0.29, 0.717) is 12.8 Å². The molecule has 51 heavy (non-hydrogen) atoms. The van der Waals surface area contributed by atoms with E-state index < -0.39 is 79.1 Å². The van der Waals surface area contributed by atoms with Crippen LogP contribution in [0.1, 0.15) is 60.8 Å². The standard InChI is InChI=1S/C37H61NO13/c1-11-27-37(43,18-46-36-33(45-10)32(44-9)29(41)23(6)48-36)34-26(49-34)14-13-25(39)20(3)16-21(4)31(19(2)12-15-28(40)50-27)51-35-30(42)24(38(7)8)17-22(5)47-35/h12-15,19-24,26-27,29-36,41-43H,11,16-18H2,1-10H3/b14-13+,15-12+/t19-,20+,21-,22+,23+,24-,26-,27?,29+,30+,31?,32+,33+,34+,35-,36+,37-/m0/s1. The molecule has 3 saturated heterocycles. The van der Waals surface area contributed by atoms with Crippen LogP contribution in [0.4, 0.5) is 0 Å². The normalized spacial score (nSPS) is 47.0. The summed E-state index contributed by atoms with van der Waals surface area (Å²) < 4.78 is 47.4. The number of carbonyl (C=O) groups is 2. The predicted molar refractivity (Wildman–Crippen MR) is 184 cm³/mol. The van der Waals surface area contributed by atoms with Gasteiger partial charge in [0.25, 0.3) is 0 Å². The molecule has 3 fully saturated rings. The number of rotatable bonds is 9. The lowest BCUT2D eigenvalue weighted by Crippen LogP contribution is -2.60. The van der Waals surface area contributed by atoms with Gasteiger partial charge in [-0.1, -0.05) is 33.8 Å². The first kappa shape index (κ1) is 41.9. The van der Waals surface area contributed by atoms with E-state index in [1.807, 2.05) is 46.7 Å². The molecule has 0 spiro atoms. The number of ketones is 1. The maximum atomic E-state index is 13.4. The Balaban J connectivity index is 1.59. The number of methoxy groups -OCH3 is 2. The molecule has 4 aliphatic rings. The summed E-state index contributed by atoms with van der Waals surface area (Å²) in [5.41, 5.74) is -1.86. The molecule has 0 aromatic heterocycles. The van der Waals surface area contributed by atoms with E-state index in [2.05, 4.69) is 0 Å². The van der Waals surface area contributed by atoms with Crippen molar-refractivity contribution in [1.29, 1.82) is 0 Å². The summed E-state index contributed by atoms with van der Waals surface area (Å²) in [5.74, 6) is -1.71. The number of likely N-dealkylation sites (N-methyl/N-ethyl adjacent to an activating group) is 1. The highest BCUT2D eigenvalue weighted by Gasteiger charge is 2.59. The number of cyclic esters (lactones) is 1. The average Bonchev–Trinajstić information content (AvgIpc) is 3.88. The molecule has 14 heteroatoms. The second kappa shape index (κ2) is 18.0. The molecule has 0 aromatic rings. The molecule has 292 valence electrons. The average molecular weight is 728 g/mol. The van der Waals surface area contributed by atoms with Gasteiger partial charge in [0.2, 0.25) is 0 Å². The topological polar surface area (TPSA) is 175 Å². The third-order valence-corrected chi connectivity index (χ3v) is 10.8. The Bertz CT molecular complexity index is 1210. The van der Waals surface area contributed by atoms with Gasteiger partial charge in [0, 0.05) is 38.2 Å². The molecular formula is C37H61NO13. The van der Waals surface area contributed by atoms with Crippen molar-refractivity contribution in [2.45, 2.75) is 146 Å². The van der Waals surface area contributed by atoms with E-state index in [1.54, 1.807) is 26.0 Å². The van der Waals surface area contributed by atoms with Crippen LogP contribution in [0.2, 0.25) is 0 Å². The van der Waals surface area contributed by atoms with Gasteiger partial charge in [-0.15, -0.1) is 0 Å². The zero-order chi connectivity index (χ0) is 37.8. The van der Waals surface area contributed by atoms with Gasteiger partial charge in [-0.05, 0) is 65.3 Å². The first-order valence-electron chi connectivity index (χ1n) is 18.2. The monoisotopic (exact) mass is 727 g/mol. The van der Waals surface area contributed by atoms with E-state index in [9.17, 15) is 24.9 Å². The number of esters is 1. The van der Waals surface area contributed by atoms with Gasteiger partial charge in [-0.2, -0.15) is 0 Å². The first-order chi connectivity index (χ1) is 24.1. The van der Waals surface area contributed by atoms with Gasteiger partial charge in [0.1, 0.15) is 42.7 Å². The number of allylic oxidation sites excluding steroid dienone is 1. The Morgan fingerprint density at radius 1 is 0.882 bits per heavy atom. The van der Waals surface area contributed by atoms with Crippen LogP contribution in [0.15, 0.2) is 24.3 Å². The summed E-state index contributed by atoms with van der Waals surface area (Å²) in [7, 11) is 6.70. The van der Waals surface area contributed by atoms with Crippen LogP contribution in [0, 0.1) is 17.8 Å². The number of hydrogen-bond acceptors (Lipinski definition) is 14. The molecule has 0 bridgehead atoms. The van der Waals surface area contributed by atoms with Crippen molar-refractivity contribution in [3.8, 4) is 0 Å². The molecule has 0 aromatic carbocycles. The Kier molecular flexibility index (Phi) is 14.8. The Labute approximate surface area is 302 Å². The van der Waals surface area contributed by atoms with Crippen LogP contribution in [0.3, 0.4) is 0 Å². The van der Waals surface area contributed by atoms with Gasteiger partial charge in [-0.25, -0.2) is 4.79 Å². The first-order valence-corrected chi connectivity index (χ1v) is 18.2. The van der Waals surface area contributed by atoms with E-state index in [-0.39, 0.29) is 48.7 Å². The minimum Gasteiger partial charge on any atom is -0.456 e. The lowest BCUT2D eigenvalue weighted by molar-refractivity contribution is -0.313. The zero-order valence-corrected chi connectivity index (χ0v) is 31.7. The Morgan fingerprint density at radius 2 is 1.57 bits per heavy atom. The summed E-state index contributed by atoms with van der Waals surface area (Å²) in [6.07, 6.45) is -1.95. The van der Waals surface area contributed by atoms with E-state index in [4.69, 9.17) is 37.9 Å². The smallest absolute Gasteiger partial charge is 0.330 e. The highest BCUT2D eigenvalue weighted by atomic mass is 16.7. The minimum atomic E-state index is -1.86. The van der Waals surface area contributed by atoms with E-state index in [1.165, 1.54) is 26.4 Å². The van der Waals surface area contributed by atoms with E-state index in [0.717, 1.165) is 0 Å². The van der Waals surface area contributed by atoms with Crippen LogP contribution in [0.5, 0.6) is 0 Å². The largest absolute Gasteiger partial charge is 0.456 e. The van der Waals surface area contributed by atoms with E-state index >= 15 is 0 Å². The summed E-state index contributed by atoms with van der Waals surface area (Å²) in [5, 5.41) is 34.0. The van der Waals surface area contributed by atoms with Crippen LogP contribution in [-0.4, -0.2) is 152 Å². The molecule has 2 unspecified atom stereocenters. The number of aliphatic hydroxyl groups excluding tert-OH is 2. The fourth-order valence-electron chi connectivity index (χ4n) is 7.69. The third-order valence-electron chi connectivity index (χ3n) is 10.8. The quantitative estimate of drug-likeness (QED) is 0.232. The number of ether oxygens (including phenoxy) is 8. The molecule has 0 amide bonds. The molecule has 0 aliphatic carbocycles. The van der Waals surface area contributed by atoms with Gasteiger partial charge in [0.05, 0.1) is 24.9 Å². The Morgan fingerprint density at radius 3 is 2.20 bits per heavy atom. The highest BCUT2D eigenvalue weighted by Crippen LogP contribution is 2.40. The van der Waals surface area contributed by atoms with Crippen LogP contribution >= 0.6 is 0 Å². The molecule has 4 aliphatic heterocycles. The van der Waals surface area contributed by atoms with Crippen LogP contribution < -0.4 is 0 Å². The molecule has 4 rings (SSSR count). The number of nitrogens with zero attached hydrogens (tertiary/aromatic N) is 1. The number of hydrogen-bond donors (Lipinski definition) is 3. The molecule has 3 N–H and O–H groups in total. The maximum absolute atomic E-state index is 13.4. The van der Waals surface area contributed by atoms with Gasteiger partial charge < -0.3 is 58.1 Å². The maximum Gasteiger partial charge on any atom is 0.330 e. The fourth-order valence-corrected chi connectivity index (χ4v) is 7.69. The lowest BCUT2D eigenvalue weighted by atomic mass is 9.84. The molecule has 4 heterocycles. The SMILES string of the molecule is CCC1OC(=O)/C=C/[C@H](C)C(O[C@@H]2O[C@H](C)C[C@H](N(C)C)[C@H]2O)[C@@H](C)C[C@@H](C)C(=O)/C=C/[C@@H]2O[C@H]2[C@]1(O)CO[C@@H]1O[C@H](C)[C@@H](O)[C@@H](OC)[C@H]1OC. The third kappa shape index (κ3) is 9.84. The second-order valence-corrected chi connectivity index (χ2v) is 15.0. The number of epoxide rings is 1. The molecule has 0 saturated carbocycles. The summed E-state index contributed by atoms with van der Waals surface area (Å²) >= 11 is 0. The summed E-state index contributed by atoms with van der Waals surface area (Å²) in [6.45, 7) is 10.7. The molecule has 17 atom stereocenters. The van der Waals surface area contributed by atoms with Gasteiger partial charge in [-0.3, -0.25) is 4.79 Å². The number of carbonyl (C=O) groups excluding carboxylic acids is 2. The minimum absolute atomic E-state index is 0.115. The second-order valence-electron chi connectivity index (χ2n) is 15.0. The van der Waals surface area contributed by atoms with Crippen molar-refractivity contribution >= 4 is 11.8 Å². The fraction of sp³-hybridized carbons (Fsp3) is 0.838. The van der Waals surface area contributed by atoms with Crippen LogP contribution in [-0.2, 0) is 47.5 Å². The van der Waals surface area contributed by atoms with Crippen molar-refractivity contribution < 1.29 is 62.8 Å². The summed E-state index contributed by atoms with van der Waals surface area (Å²) in [6, 6.07) is -0.171. The number of fused-ring (bicyclic) bond motifs is 1. The van der Waals surface area contributed by atoms with Crippen LogP contribution in [0.25, 0.3) is 0 Å². The van der Waals surface area contributed by atoms with Crippen molar-refractivity contribution in [3.05, 3.63) is 24.3 Å². The molecular weight excluding hydrogens is 666 g/mol.